The maximum Gasteiger partial charge on any atom is 0.181 e. The summed E-state index contributed by atoms with van der Waals surface area (Å²) in [5, 5.41) is 8.40. The van der Waals surface area contributed by atoms with Crippen molar-refractivity contribution in [2.24, 2.45) is 0 Å². The van der Waals surface area contributed by atoms with Crippen molar-refractivity contribution in [3.05, 3.63) is 60.8 Å². The van der Waals surface area contributed by atoms with E-state index >= 15 is 0 Å². The van der Waals surface area contributed by atoms with Gasteiger partial charge in [-0.1, -0.05) is 30.3 Å². The highest BCUT2D eigenvalue weighted by atomic mass is 16.5. The van der Waals surface area contributed by atoms with Gasteiger partial charge in [-0.25, -0.2) is 4.98 Å². The normalized spacial score (nSPS) is 10.2. The highest BCUT2D eigenvalue weighted by molar-refractivity contribution is 5.60. The van der Waals surface area contributed by atoms with Crippen molar-refractivity contribution in [1.29, 1.82) is 0 Å². The van der Waals surface area contributed by atoms with E-state index in [4.69, 9.17) is 4.74 Å². The first kappa shape index (κ1) is 12.3. The molecule has 0 saturated heterocycles. The molecule has 0 N–H and O–H groups in total. The molecule has 3 aromatic rings. The number of rotatable bonds is 3. The fourth-order valence-electron chi connectivity index (χ4n) is 1.89. The molecule has 0 radical (unpaired) electrons. The van der Waals surface area contributed by atoms with Crippen LogP contribution in [0.2, 0.25) is 0 Å². The van der Waals surface area contributed by atoms with E-state index in [9.17, 15) is 0 Å². The van der Waals surface area contributed by atoms with Crippen molar-refractivity contribution >= 4 is 0 Å². The van der Waals surface area contributed by atoms with Gasteiger partial charge in [0, 0.05) is 11.1 Å². The summed E-state index contributed by atoms with van der Waals surface area (Å²) in [5.74, 6) is 1.44. The molecule has 0 saturated carbocycles. The first-order chi connectivity index (χ1) is 9.86. The van der Waals surface area contributed by atoms with E-state index in [1.807, 2.05) is 54.6 Å². The number of benzene rings is 2. The van der Waals surface area contributed by atoms with Gasteiger partial charge in [-0.05, 0) is 24.3 Å². The molecular formula is C16H13N3O. The lowest BCUT2D eigenvalue weighted by molar-refractivity contribution is 0.415. The molecule has 4 heteroatoms. The van der Waals surface area contributed by atoms with Crippen LogP contribution in [0.4, 0.5) is 0 Å². The summed E-state index contributed by atoms with van der Waals surface area (Å²) in [4.78, 5) is 4.36. The van der Waals surface area contributed by atoms with E-state index in [1.54, 1.807) is 13.3 Å². The molecule has 1 aromatic heterocycles. The number of hydrogen-bond acceptors (Lipinski definition) is 4. The molecule has 0 fully saturated rings. The monoisotopic (exact) mass is 263 g/mol. The number of hydrogen-bond donors (Lipinski definition) is 0. The molecule has 0 unspecified atom stereocenters. The SMILES string of the molecule is COc1ccc(-c2cnc(-c3ccccc3)nn2)cc1. The van der Waals surface area contributed by atoms with Gasteiger partial charge in [0.05, 0.1) is 13.3 Å². The van der Waals surface area contributed by atoms with E-state index in [0.29, 0.717) is 5.82 Å². The molecule has 2 aromatic carbocycles. The average molecular weight is 263 g/mol. The van der Waals surface area contributed by atoms with Gasteiger partial charge in [-0.3, -0.25) is 0 Å². The molecule has 0 bridgehead atoms. The second-order valence-electron chi connectivity index (χ2n) is 4.26. The van der Waals surface area contributed by atoms with Crippen LogP contribution in [-0.4, -0.2) is 22.3 Å². The topological polar surface area (TPSA) is 47.9 Å². The molecule has 20 heavy (non-hydrogen) atoms. The minimum absolute atomic E-state index is 0.628. The molecule has 0 aliphatic heterocycles. The van der Waals surface area contributed by atoms with Gasteiger partial charge in [-0.15, -0.1) is 10.2 Å². The molecule has 98 valence electrons. The summed E-state index contributed by atoms with van der Waals surface area (Å²) < 4.78 is 5.13. The summed E-state index contributed by atoms with van der Waals surface area (Å²) >= 11 is 0. The highest BCUT2D eigenvalue weighted by Gasteiger charge is 2.04. The van der Waals surface area contributed by atoms with Crippen molar-refractivity contribution in [1.82, 2.24) is 15.2 Å². The van der Waals surface area contributed by atoms with E-state index < -0.39 is 0 Å². The van der Waals surface area contributed by atoms with Crippen molar-refractivity contribution in [2.75, 3.05) is 7.11 Å². The van der Waals surface area contributed by atoms with E-state index in [1.165, 1.54) is 0 Å². The molecule has 0 atom stereocenters. The average Bonchev–Trinajstić information content (AvgIpc) is 2.56. The van der Waals surface area contributed by atoms with Crippen molar-refractivity contribution < 1.29 is 4.74 Å². The van der Waals surface area contributed by atoms with Gasteiger partial charge in [-0.2, -0.15) is 0 Å². The maximum absolute atomic E-state index is 5.13. The Balaban J connectivity index is 1.89. The number of aromatic nitrogens is 3. The quantitative estimate of drug-likeness (QED) is 0.728. The van der Waals surface area contributed by atoms with Crippen LogP contribution in [-0.2, 0) is 0 Å². The molecule has 0 spiro atoms. The second-order valence-corrected chi connectivity index (χ2v) is 4.26. The number of ether oxygens (including phenoxy) is 1. The van der Waals surface area contributed by atoms with Gasteiger partial charge >= 0.3 is 0 Å². The molecule has 1 heterocycles. The van der Waals surface area contributed by atoms with Crippen molar-refractivity contribution in [2.45, 2.75) is 0 Å². The minimum atomic E-state index is 0.628. The summed E-state index contributed by atoms with van der Waals surface area (Å²) in [6.07, 6.45) is 1.73. The molecule has 0 aliphatic carbocycles. The molecule has 0 amide bonds. The zero-order valence-electron chi connectivity index (χ0n) is 11.0. The minimum Gasteiger partial charge on any atom is -0.497 e. The number of nitrogens with zero attached hydrogens (tertiary/aromatic N) is 3. The Morgan fingerprint density at radius 2 is 1.55 bits per heavy atom. The van der Waals surface area contributed by atoms with Gasteiger partial charge in [0.15, 0.2) is 5.82 Å². The Kier molecular flexibility index (Phi) is 3.37. The second kappa shape index (κ2) is 5.48. The van der Waals surface area contributed by atoms with Crippen molar-refractivity contribution in [3.63, 3.8) is 0 Å². The Hall–Kier alpha value is -2.75. The first-order valence-corrected chi connectivity index (χ1v) is 6.26. The lowest BCUT2D eigenvalue weighted by atomic mass is 10.1. The van der Waals surface area contributed by atoms with E-state index in [0.717, 1.165) is 22.6 Å². The Morgan fingerprint density at radius 3 is 2.15 bits per heavy atom. The van der Waals surface area contributed by atoms with Gasteiger partial charge in [0.2, 0.25) is 0 Å². The third kappa shape index (κ3) is 2.49. The predicted molar refractivity (Wildman–Crippen MR) is 77.3 cm³/mol. The Morgan fingerprint density at radius 1 is 0.800 bits per heavy atom. The van der Waals surface area contributed by atoms with Gasteiger partial charge in [0.25, 0.3) is 0 Å². The lowest BCUT2D eigenvalue weighted by Crippen LogP contribution is -1.94. The summed E-state index contributed by atoms with van der Waals surface area (Å²) in [5.41, 5.74) is 2.67. The fourth-order valence-corrected chi connectivity index (χ4v) is 1.89. The largest absolute Gasteiger partial charge is 0.497 e. The molecule has 0 aliphatic rings. The van der Waals surface area contributed by atoms with Crippen LogP contribution in [0.25, 0.3) is 22.6 Å². The van der Waals surface area contributed by atoms with Crippen LogP contribution in [0.1, 0.15) is 0 Å². The summed E-state index contributed by atoms with van der Waals surface area (Å²) in [6, 6.07) is 17.5. The molecule has 4 nitrogen and oxygen atoms in total. The van der Waals surface area contributed by atoms with Crippen LogP contribution >= 0.6 is 0 Å². The highest BCUT2D eigenvalue weighted by Crippen LogP contribution is 2.20. The number of methoxy groups -OCH3 is 1. The van der Waals surface area contributed by atoms with Crippen molar-refractivity contribution in [3.8, 4) is 28.4 Å². The summed E-state index contributed by atoms with van der Waals surface area (Å²) in [6.45, 7) is 0. The zero-order valence-corrected chi connectivity index (χ0v) is 11.0. The molecule has 3 rings (SSSR count). The Bertz CT molecular complexity index is 679. The maximum atomic E-state index is 5.13. The van der Waals surface area contributed by atoms with E-state index in [2.05, 4.69) is 15.2 Å². The lowest BCUT2D eigenvalue weighted by Gasteiger charge is -2.03. The predicted octanol–water partition coefficient (Wildman–Crippen LogP) is 3.21. The smallest absolute Gasteiger partial charge is 0.181 e. The fraction of sp³-hybridized carbons (Fsp3) is 0.0625. The zero-order chi connectivity index (χ0) is 13.8. The third-order valence-corrected chi connectivity index (χ3v) is 2.98. The molecular weight excluding hydrogens is 250 g/mol. The van der Waals surface area contributed by atoms with Crippen LogP contribution in [0.15, 0.2) is 60.8 Å². The summed E-state index contributed by atoms with van der Waals surface area (Å²) in [7, 11) is 1.64. The van der Waals surface area contributed by atoms with Crippen LogP contribution in [0.3, 0.4) is 0 Å². The third-order valence-electron chi connectivity index (χ3n) is 2.98. The van der Waals surface area contributed by atoms with E-state index in [-0.39, 0.29) is 0 Å². The van der Waals surface area contributed by atoms with Crippen LogP contribution in [0, 0.1) is 0 Å². The van der Waals surface area contributed by atoms with Crippen LogP contribution in [0.5, 0.6) is 5.75 Å². The first-order valence-electron chi connectivity index (χ1n) is 6.26. The Labute approximate surface area is 117 Å². The van der Waals surface area contributed by atoms with Gasteiger partial charge < -0.3 is 4.74 Å². The standard InChI is InChI=1S/C16H13N3O/c1-20-14-9-7-12(8-10-14)15-11-17-16(19-18-15)13-5-3-2-4-6-13/h2-11H,1H3. The van der Waals surface area contributed by atoms with Gasteiger partial charge in [0.1, 0.15) is 11.4 Å². The van der Waals surface area contributed by atoms with Crippen LogP contribution < -0.4 is 4.74 Å².